The van der Waals surface area contributed by atoms with Crippen LogP contribution in [-0.4, -0.2) is 36.3 Å². The van der Waals surface area contributed by atoms with Gasteiger partial charge >= 0.3 is 0 Å². The van der Waals surface area contributed by atoms with Gasteiger partial charge in [-0.05, 0) is 50.1 Å². The van der Waals surface area contributed by atoms with Crippen molar-refractivity contribution in [1.82, 2.24) is 4.90 Å². The highest BCUT2D eigenvalue weighted by atomic mass is 16.5. The van der Waals surface area contributed by atoms with Crippen LogP contribution in [0, 0.1) is 11.8 Å². The lowest BCUT2D eigenvalue weighted by atomic mass is 10.1. The van der Waals surface area contributed by atoms with Crippen LogP contribution in [0.4, 0.5) is 0 Å². The van der Waals surface area contributed by atoms with E-state index in [4.69, 9.17) is 9.84 Å². The summed E-state index contributed by atoms with van der Waals surface area (Å²) in [5, 5.41) is 8.83. The van der Waals surface area contributed by atoms with E-state index in [0.717, 1.165) is 24.4 Å². The van der Waals surface area contributed by atoms with Crippen molar-refractivity contribution in [1.29, 1.82) is 0 Å². The van der Waals surface area contributed by atoms with Crippen molar-refractivity contribution in [3.63, 3.8) is 0 Å². The van der Waals surface area contributed by atoms with E-state index >= 15 is 0 Å². The zero-order valence-corrected chi connectivity index (χ0v) is 12.4. The lowest BCUT2D eigenvalue weighted by molar-refractivity contribution is 0.260. The van der Waals surface area contributed by atoms with Crippen LogP contribution in [0.3, 0.4) is 0 Å². The van der Waals surface area contributed by atoms with E-state index in [0.29, 0.717) is 12.5 Å². The number of ether oxygens (including phenoxy) is 1. The molecule has 108 valence electrons. The van der Waals surface area contributed by atoms with Crippen molar-refractivity contribution in [2.45, 2.75) is 38.8 Å². The fourth-order valence-electron chi connectivity index (χ4n) is 2.61. The zero-order valence-electron chi connectivity index (χ0n) is 12.4. The predicted molar refractivity (Wildman–Crippen MR) is 80.7 cm³/mol. The maximum Gasteiger partial charge on any atom is 0.119 e. The normalized spacial score (nSPS) is 18.6. The zero-order chi connectivity index (χ0) is 14.4. The summed E-state index contributed by atoms with van der Waals surface area (Å²) in [6, 6.07) is 6.67. The van der Waals surface area contributed by atoms with Gasteiger partial charge in [-0.1, -0.05) is 11.8 Å². The average molecular weight is 273 g/mol. The number of hydrogen-bond donors (Lipinski definition) is 1. The molecule has 1 heterocycles. The Hall–Kier alpha value is -1.50. The quantitative estimate of drug-likeness (QED) is 0.855. The number of rotatable bonds is 4. The topological polar surface area (TPSA) is 32.7 Å². The first-order valence-corrected chi connectivity index (χ1v) is 7.25. The van der Waals surface area contributed by atoms with Crippen molar-refractivity contribution < 1.29 is 9.84 Å². The lowest BCUT2D eigenvalue weighted by Gasteiger charge is -2.22. The largest absolute Gasteiger partial charge is 0.497 e. The molecule has 3 heteroatoms. The molecule has 0 aliphatic carbocycles. The van der Waals surface area contributed by atoms with Crippen LogP contribution in [-0.2, 0) is 6.54 Å². The summed E-state index contributed by atoms with van der Waals surface area (Å²) in [7, 11) is 1.69. The molecule has 2 rings (SSSR count). The molecule has 0 aromatic heterocycles. The molecule has 1 aliphatic rings. The maximum absolute atomic E-state index is 8.83. The fourth-order valence-corrected chi connectivity index (χ4v) is 2.61. The minimum atomic E-state index is 0.113. The Bertz CT molecular complexity index is 501. The first-order valence-electron chi connectivity index (χ1n) is 7.25. The smallest absolute Gasteiger partial charge is 0.119 e. The van der Waals surface area contributed by atoms with E-state index in [2.05, 4.69) is 29.7 Å². The van der Waals surface area contributed by atoms with Crippen molar-refractivity contribution >= 4 is 0 Å². The summed E-state index contributed by atoms with van der Waals surface area (Å²) < 4.78 is 5.32. The van der Waals surface area contributed by atoms with Gasteiger partial charge in [0.25, 0.3) is 0 Å². The Balaban J connectivity index is 2.21. The Morgan fingerprint density at radius 2 is 2.30 bits per heavy atom. The highest BCUT2D eigenvalue weighted by molar-refractivity contribution is 5.45. The van der Waals surface area contributed by atoms with Gasteiger partial charge in [-0.3, -0.25) is 4.90 Å². The van der Waals surface area contributed by atoms with Gasteiger partial charge in [0.2, 0.25) is 0 Å². The molecule has 1 fully saturated rings. The maximum atomic E-state index is 8.83. The number of aliphatic hydroxyl groups is 1. The molecule has 1 atom stereocenters. The SMILES string of the molecule is COc1ccc(C#CCCO)c(CN2CCCC2C)c1. The summed E-state index contributed by atoms with van der Waals surface area (Å²) >= 11 is 0. The summed E-state index contributed by atoms with van der Waals surface area (Å²) in [5.41, 5.74) is 2.25. The Morgan fingerprint density at radius 3 is 2.95 bits per heavy atom. The minimum Gasteiger partial charge on any atom is -0.497 e. The molecule has 3 nitrogen and oxygen atoms in total. The third-order valence-electron chi connectivity index (χ3n) is 3.84. The number of aliphatic hydroxyl groups excluding tert-OH is 1. The number of hydrogen-bond acceptors (Lipinski definition) is 3. The number of likely N-dealkylation sites (tertiary alicyclic amines) is 1. The van der Waals surface area contributed by atoms with E-state index in [1.165, 1.54) is 18.4 Å². The molecule has 1 unspecified atom stereocenters. The highest BCUT2D eigenvalue weighted by Gasteiger charge is 2.21. The van der Waals surface area contributed by atoms with Gasteiger partial charge in [-0.15, -0.1) is 0 Å². The first-order chi connectivity index (χ1) is 9.74. The molecule has 0 bridgehead atoms. The monoisotopic (exact) mass is 273 g/mol. The number of methoxy groups -OCH3 is 1. The van der Waals surface area contributed by atoms with Gasteiger partial charge in [-0.25, -0.2) is 0 Å². The van der Waals surface area contributed by atoms with Crippen LogP contribution in [0.25, 0.3) is 0 Å². The molecule has 20 heavy (non-hydrogen) atoms. The van der Waals surface area contributed by atoms with Crippen LogP contribution in [0.2, 0.25) is 0 Å². The van der Waals surface area contributed by atoms with E-state index in [-0.39, 0.29) is 6.61 Å². The summed E-state index contributed by atoms with van der Waals surface area (Å²) in [6.45, 7) is 4.47. The molecular weight excluding hydrogens is 250 g/mol. The summed E-state index contributed by atoms with van der Waals surface area (Å²) in [4.78, 5) is 2.49. The van der Waals surface area contributed by atoms with Gasteiger partial charge in [0.05, 0.1) is 13.7 Å². The third-order valence-corrected chi connectivity index (χ3v) is 3.84. The van der Waals surface area contributed by atoms with Gasteiger partial charge in [0.1, 0.15) is 5.75 Å². The molecule has 0 radical (unpaired) electrons. The number of nitrogens with zero attached hydrogens (tertiary/aromatic N) is 1. The summed E-state index contributed by atoms with van der Waals surface area (Å²) in [5.74, 6) is 7.04. The molecule has 0 amide bonds. The van der Waals surface area contributed by atoms with Crippen LogP contribution >= 0.6 is 0 Å². The first kappa shape index (κ1) is 14.9. The molecular formula is C17H23NO2. The molecule has 1 aromatic carbocycles. The third kappa shape index (κ3) is 3.75. The van der Waals surface area contributed by atoms with Crippen molar-refractivity contribution in [2.75, 3.05) is 20.3 Å². The lowest BCUT2D eigenvalue weighted by Crippen LogP contribution is -2.26. The molecule has 1 N–H and O–H groups in total. The van der Waals surface area contributed by atoms with Crippen LogP contribution in [0.5, 0.6) is 5.75 Å². The standard InChI is InChI=1S/C17H23NO2/c1-14-6-5-10-18(14)13-16-12-17(20-2)9-8-15(16)7-3-4-11-19/h8-9,12,14,19H,4-6,10-11,13H2,1-2H3. The molecule has 1 saturated heterocycles. The Kier molecular flexibility index (Phi) is 5.46. The Labute approximate surface area is 121 Å². The van der Waals surface area contributed by atoms with Gasteiger partial charge in [0.15, 0.2) is 0 Å². The second-order valence-electron chi connectivity index (χ2n) is 5.26. The van der Waals surface area contributed by atoms with Crippen molar-refractivity contribution in [2.24, 2.45) is 0 Å². The van der Waals surface area contributed by atoms with Gasteiger partial charge < -0.3 is 9.84 Å². The van der Waals surface area contributed by atoms with E-state index < -0.39 is 0 Å². The van der Waals surface area contributed by atoms with Crippen molar-refractivity contribution in [3.8, 4) is 17.6 Å². The van der Waals surface area contributed by atoms with Gasteiger partial charge in [0, 0.05) is 24.6 Å². The molecule has 0 saturated carbocycles. The molecule has 0 spiro atoms. The van der Waals surface area contributed by atoms with E-state index in [1.807, 2.05) is 12.1 Å². The minimum absolute atomic E-state index is 0.113. The number of benzene rings is 1. The van der Waals surface area contributed by atoms with E-state index in [9.17, 15) is 0 Å². The predicted octanol–water partition coefficient (Wildman–Crippen LogP) is 2.41. The van der Waals surface area contributed by atoms with E-state index in [1.54, 1.807) is 7.11 Å². The average Bonchev–Trinajstić information content (AvgIpc) is 2.86. The second-order valence-corrected chi connectivity index (χ2v) is 5.26. The second kappa shape index (κ2) is 7.33. The van der Waals surface area contributed by atoms with Crippen LogP contribution in [0.15, 0.2) is 18.2 Å². The molecule has 1 aliphatic heterocycles. The van der Waals surface area contributed by atoms with Gasteiger partial charge in [-0.2, -0.15) is 0 Å². The van der Waals surface area contributed by atoms with Crippen molar-refractivity contribution in [3.05, 3.63) is 29.3 Å². The molecule has 1 aromatic rings. The Morgan fingerprint density at radius 1 is 1.45 bits per heavy atom. The van der Waals surface area contributed by atoms with Crippen LogP contribution in [0.1, 0.15) is 37.3 Å². The fraction of sp³-hybridized carbons (Fsp3) is 0.529. The van der Waals surface area contributed by atoms with Crippen LogP contribution < -0.4 is 4.74 Å². The summed E-state index contributed by atoms with van der Waals surface area (Å²) in [6.07, 6.45) is 3.07. The highest BCUT2D eigenvalue weighted by Crippen LogP contribution is 2.23.